The average molecular weight is 909 g/mol. The molecule has 0 aromatic rings. The predicted octanol–water partition coefficient (Wildman–Crippen LogP) is 13.7. The van der Waals surface area contributed by atoms with Crippen LogP contribution in [0.15, 0.2) is 24.3 Å². The number of unbranched alkanes of at least 4 members (excludes halogenated alkanes) is 33. The average Bonchev–Trinajstić information content (AvgIpc) is 3.30. The molecule has 9 nitrogen and oxygen atoms in total. The summed E-state index contributed by atoms with van der Waals surface area (Å²) in [5.41, 5.74) is 0. The van der Waals surface area contributed by atoms with Gasteiger partial charge in [-0.05, 0) is 44.9 Å². The van der Waals surface area contributed by atoms with Crippen LogP contribution in [-0.2, 0) is 23.7 Å². The van der Waals surface area contributed by atoms with Crippen LogP contribution in [-0.4, -0.2) is 89.6 Å². The molecule has 378 valence electrons. The molecule has 9 heteroatoms. The van der Waals surface area contributed by atoms with Crippen molar-refractivity contribution in [1.29, 1.82) is 0 Å². The van der Waals surface area contributed by atoms with E-state index >= 15 is 0 Å². The summed E-state index contributed by atoms with van der Waals surface area (Å²) in [6.45, 7) is 4.56. The Labute approximate surface area is 394 Å². The maximum absolute atomic E-state index is 12.8. The van der Waals surface area contributed by atoms with Crippen LogP contribution in [0.25, 0.3) is 0 Å². The molecule has 0 aliphatic carbocycles. The summed E-state index contributed by atoms with van der Waals surface area (Å²) in [5.74, 6) is -0.322. The number of esters is 1. The fourth-order valence-electron chi connectivity index (χ4n) is 8.58. The Bertz CT molecular complexity index is 1040. The Morgan fingerprint density at radius 2 is 0.906 bits per heavy atom. The van der Waals surface area contributed by atoms with E-state index < -0.39 is 43.4 Å². The van der Waals surface area contributed by atoms with Crippen molar-refractivity contribution in [2.45, 2.75) is 295 Å². The van der Waals surface area contributed by atoms with E-state index in [1.807, 2.05) is 0 Å². The molecule has 1 aliphatic rings. The largest absolute Gasteiger partial charge is 0.457 e. The number of aliphatic hydroxyl groups is 4. The molecule has 6 atom stereocenters. The highest BCUT2D eigenvalue weighted by molar-refractivity contribution is 5.69. The molecular weight excluding hydrogens is 805 g/mol. The SMILES string of the molecule is CCCCC/C=C\C/C=C\CCCCCCCC(=O)OC(COCCCCCCCCCCCCCCCCCCCCCCCCCCCC)COC1OC(CO)C(O)C(O)C1O. The van der Waals surface area contributed by atoms with Gasteiger partial charge in [-0.15, -0.1) is 0 Å². The second-order valence-corrected chi connectivity index (χ2v) is 19.0. The van der Waals surface area contributed by atoms with Crippen LogP contribution in [0.4, 0.5) is 0 Å². The summed E-state index contributed by atoms with van der Waals surface area (Å²) in [6, 6.07) is 0. The van der Waals surface area contributed by atoms with E-state index in [1.54, 1.807) is 0 Å². The minimum atomic E-state index is -1.54. The standard InChI is InChI=1S/C55H104O9/c1-3-5-7-9-11-13-15-17-19-20-21-22-23-24-25-26-27-28-29-31-33-35-37-39-41-43-45-61-47-49(48-62-55-54(60)53(59)52(58)50(46-56)64-55)63-51(57)44-42-40-38-36-34-32-30-18-16-14-12-10-8-6-4-2/h12,14,18,30,49-50,52-56,58-60H,3-11,13,15-17,19-29,31-48H2,1-2H3/b14-12-,30-18-. The van der Waals surface area contributed by atoms with Crippen molar-refractivity contribution < 1.29 is 44.2 Å². The molecular formula is C55H104O9. The molecule has 1 aliphatic heterocycles. The van der Waals surface area contributed by atoms with E-state index in [2.05, 4.69) is 38.2 Å². The second-order valence-electron chi connectivity index (χ2n) is 19.0. The molecule has 1 fully saturated rings. The second kappa shape index (κ2) is 46.8. The topological polar surface area (TPSA) is 135 Å². The zero-order chi connectivity index (χ0) is 46.4. The molecule has 0 bridgehead atoms. The fourth-order valence-corrected chi connectivity index (χ4v) is 8.58. The molecule has 6 unspecified atom stereocenters. The van der Waals surface area contributed by atoms with E-state index in [-0.39, 0.29) is 19.2 Å². The molecule has 0 aromatic heterocycles. The first-order chi connectivity index (χ1) is 31.4. The molecule has 1 rings (SSSR count). The lowest BCUT2D eigenvalue weighted by molar-refractivity contribution is -0.305. The number of hydrogen-bond donors (Lipinski definition) is 4. The van der Waals surface area contributed by atoms with Gasteiger partial charge in [-0.1, -0.05) is 231 Å². The molecule has 1 saturated heterocycles. The van der Waals surface area contributed by atoms with Gasteiger partial charge in [-0.3, -0.25) is 4.79 Å². The van der Waals surface area contributed by atoms with Crippen LogP contribution < -0.4 is 0 Å². The van der Waals surface area contributed by atoms with Crippen LogP contribution in [0, 0.1) is 0 Å². The van der Waals surface area contributed by atoms with Crippen molar-refractivity contribution in [3.05, 3.63) is 24.3 Å². The number of ether oxygens (including phenoxy) is 4. The summed E-state index contributed by atoms with van der Waals surface area (Å²) < 4.78 is 22.9. The van der Waals surface area contributed by atoms with Gasteiger partial charge in [0.15, 0.2) is 6.29 Å². The minimum absolute atomic E-state index is 0.115. The van der Waals surface area contributed by atoms with Gasteiger partial charge in [0.1, 0.15) is 30.5 Å². The van der Waals surface area contributed by atoms with Gasteiger partial charge in [0, 0.05) is 13.0 Å². The van der Waals surface area contributed by atoms with Crippen LogP contribution in [0.1, 0.15) is 258 Å². The third kappa shape index (κ3) is 36.7. The first-order valence-corrected chi connectivity index (χ1v) is 27.4. The Kier molecular flexibility index (Phi) is 44.3. The Morgan fingerprint density at radius 3 is 1.38 bits per heavy atom. The molecule has 0 radical (unpaired) electrons. The Morgan fingerprint density at radius 1 is 0.500 bits per heavy atom. The molecule has 64 heavy (non-hydrogen) atoms. The van der Waals surface area contributed by atoms with E-state index in [4.69, 9.17) is 18.9 Å². The van der Waals surface area contributed by atoms with E-state index in [1.165, 1.54) is 180 Å². The molecule has 0 aromatic carbocycles. The van der Waals surface area contributed by atoms with Gasteiger partial charge in [-0.25, -0.2) is 0 Å². The van der Waals surface area contributed by atoms with Crippen molar-refractivity contribution in [2.24, 2.45) is 0 Å². The Hall–Kier alpha value is -1.33. The highest BCUT2D eigenvalue weighted by Gasteiger charge is 2.44. The lowest BCUT2D eigenvalue weighted by Gasteiger charge is -2.39. The lowest BCUT2D eigenvalue weighted by atomic mass is 9.99. The zero-order valence-corrected chi connectivity index (χ0v) is 41.8. The fraction of sp³-hybridized carbons (Fsp3) is 0.909. The van der Waals surface area contributed by atoms with E-state index in [0.29, 0.717) is 13.0 Å². The summed E-state index contributed by atoms with van der Waals surface area (Å²) >= 11 is 0. The van der Waals surface area contributed by atoms with Crippen molar-refractivity contribution in [2.75, 3.05) is 26.4 Å². The summed E-state index contributed by atoms with van der Waals surface area (Å²) in [5, 5.41) is 40.3. The summed E-state index contributed by atoms with van der Waals surface area (Å²) in [6.07, 6.45) is 49.4. The number of carbonyl (C=O) groups excluding carboxylic acids is 1. The first kappa shape index (κ1) is 60.7. The normalized spacial score (nSPS) is 19.6. The predicted molar refractivity (Wildman–Crippen MR) is 265 cm³/mol. The van der Waals surface area contributed by atoms with Gasteiger partial charge in [0.2, 0.25) is 0 Å². The molecule has 0 spiro atoms. The minimum Gasteiger partial charge on any atom is -0.457 e. The van der Waals surface area contributed by atoms with Crippen molar-refractivity contribution in [3.8, 4) is 0 Å². The Balaban J connectivity index is 2.13. The number of allylic oxidation sites excluding steroid dienone is 4. The van der Waals surface area contributed by atoms with Crippen molar-refractivity contribution >= 4 is 5.97 Å². The quantitative estimate of drug-likeness (QED) is 0.0267. The van der Waals surface area contributed by atoms with E-state index in [9.17, 15) is 25.2 Å². The highest BCUT2D eigenvalue weighted by atomic mass is 16.7. The zero-order valence-electron chi connectivity index (χ0n) is 41.8. The van der Waals surface area contributed by atoms with E-state index in [0.717, 1.165) is 57.8 Å². The monoisotopic (exact) mass is 909 g/mol. The van der Waals surface area contributed by atoms with Gasteiger partial charge in [0.05, 0.1) is 19.8 Å². The molecule has 0 amide bonds. The van der Waals surface area contributed by atoms with Crippen LogP contribution in [0.2, 0.25) is 0 Å². The molecule has 1 heterocycles. The van der Waals surface area contributed by atoms with Gasteiger partial charge < -0.3 is 39.4 Å². The maximum atomic E-state index is 12.8. The van der Waals surface area contributed by atoms with Crippen LogP contribution in [0.3, 0.4) is 0 Å². The third-order valence-corrected chi connectivity index (χ3v) is 12.9. The van der Waals surface area contributed by atoms with Gasteiger partial charge in [-0.2, -0.15) is 0 Å². The number of rotatable bonds is 48. The molecule has 0 saturated carbocycles. The highest BCUT2D eigenvalue weighted by Crippen LogP contribution is 2.23. The van der Waals surface area contributed by atoms with Crippen molar-refractivity contribution in [3.63, 3.8) is 0 Å². The number of carbonyl (C=O) groups is 1. The van der Waals surface area contributed by atoms with Gasteiger partial charge >= 0.3 is 5.97 Å². The first-order valence-electron chi connectivity index (χ1n) is 27.4. The third-order valence-electron chi connectivity index (χ3n) is 12.9. The van der Waals surface area contributed by atoms with Gasteiger partial charge in [0.25, 0.3) is 0 Å². The smallest absolute Gasteiger partial charge is 0.306 e. The van der Waals surface area contributed by atoms with Crippen LogP contribution in [0.5, 0.6) is 0 Å². The maximum Gasteiger partial charge on any atom is 0.306 e. The van der Waals surface area contributed by atoms with Crippen LogP contribution >= 0.6 is 0 Å². The van der Waals surface area contributed by atoms with Crippen molar-refractivity contribution in [1.82, 2.24) is 0 Å². The molecule has 4 N–H and O–H groups in total. The summed E-state index contributed by atoms with van der Waals surface area (Å²) in [7, 11) is 0. The number of hydrogen-bond acceptors (Lipinski definition) is 9. The lowest BCUT2D eigenvalue weighted by Crippen LogP contribution is -2.59. The number of aliphatic hydroxyl groups excluding tert-OH is 4. The summed E-state index contributed by atoms with van der Waals surface area (Å²) in [4.78, 5) is 12.8.